The minimum Gasteiger partial charge on any atom is -0.480 e. The molecule has 3 N–H and O–H groups in total. The molecule has 3 rings (SSSR count). The number of carbonyl (C=O) groups is 2. The smallest absolute Gasteiger partial charge is 0.337 e. The van der Waals surface area contributed by atoms with Gasteiger partial charge in [-0.1, -0.05) is 17.7 Å². The van der Waals surface area contributed by atoms with Gasteiger partial charge in [0.25, 0.3) is 0 Å². The number of furan rings is 1. The number of aromatic carboxylic acids is 1. The minimum absolute atomic E-state index is 0.0273. The van der Waals surface area contributed by atoms with Crippen LogP contribution in [0.15, 0.2) is 34.7 Å². The highest BCUT2D eigenvalue weighted by molar-refractivity contribution is 7.99. The van der Waals surface area contributed by atoms with E-state index in [4.69, 9.17) is 26.2 Å². The summed E-state index contributed by atoms with van der Waals surface area (Å²) in [5.41, 5.74) is 0.684. The zero-order chi connectivity index (χ0) is 16.6. The number of carboxylic acids is 2. The first-order chi connectivity index (χ1) is 11.0. The van der Waals surface area contributed by atoms with Gasteiger partial charge >= 0.3 is 11.9 Å². The number of carboxylic acid groups (broad SMARTS) is 2. The van der Waals surface area contributed by atoms with E-state index in [1.54, 1.807) is 18.2 Å². The van der Waals surface area contributed by atoms with E-state index in [0.717, 1.165) is 0 Å². The summed E-state index contributed by atoms with van der Waals surface area (Å²) in [6.07, 6.45) is 0. The van der Waals surface area contributed by atoms with E-state index in [-0.39, 0.29) is 16.0 Å². The summed E-state index contributed by atoms with van der Waals surface area (Å²) in [7, 11) is 0. The van der Waals surface area contributed by atoms with Gasteiger partial charge in [0.05, 0.1) is 10.6 Å². The van der Waals surface area contributed by atoms with Crippen LogP contribution in [0.1, 0.15) is 21.5 Å². The summed E-state index contributed by atoms with van der Waals surface area (Å²) in [6, 6.07) is 7.49. The van der Waals surface area contributed by atoms with Crippen LogP contribution >= 0.6 is 23.4 Å². The molecule has 1 aromatic carbocycles. The van der Waals surface area contributed by atoms with Gasteiger partial charge in [0.1, 0.15) is 22.9 Å². The van der Waals surface area contributed by atoms with Crippen molar-refractivity contribution < 1.29 is 24.2 Å². The first-order valence-electron chi connectivity index (χ1n) is 6.69. The van der Waals surface area contributed by atoms with E-state index in [1.165, 1.54) is 23.9 Å². The number of aliphatic carboxylic acids is 1. The molecule has 2 atom stereocenters. The zero-order valence-corrected chi connectivity index (χ0v) is 13.2. The number of halogens is 1. The topological polar surface area (TPSA) is 99.8 Å². The zero-order valence-electron chi connectivity index (χ0n) is 11.7. The van der Waals surface area contributed by atoms with Crippen LogP contribution in [0.5, 0.6) is 0 Å². The summed E-state index contributed by atoms with van der Waals surface area (Å²) in [5.74, 6) is -0.349. The van der Waals surface area contributed by atoms with Gasteiger partial charge < -0.3 is 14.6 Å². The van der Waals surface area contributed by atoms with Crippen molar-refractivity contribution in [3.63, 3.8) is 0 Å². The largest absolute Gasteiger partial charge is 0.480 e. The van der Waals surface area contributed by atoms with E-state index in [1.807, 2.05) is 0 Å². The van der Waals surface area contributed by atoms with Crippen molar-refractivity contribution in [1.82, 2.24) is 5.32 Å². The van der Waals surface area contributed by atoms with Crippen LogP contribution in [-0.2, 0) is 4.79 Å². The van der Waals surface area contributed by atoms with Crippen LogP contribution in [0.4, 0.5) is 0 Å². The van der Waals surface area contributed by atoms with Crippen molar-refractivity contribution in [2.45, 2.75) is 11.4 Å². The Morgan fingerprint density at radius 3 is 2.65 bits per heavy atom. The second kappa shape index (κ2) is 6.27. The van der Waals surface area contributed by atoms with Gasteiger partial charge in [0, 0.05) is 11.3 Å². The van der Waals surface area contributed by atoms with Crippen molar-refractivity contribution in [1.29, 1.82) is 0 Å². The van der Waals surface area contributed by atoms with E-state index in [2.05, 4.69) is 5.32 Å². The number of hydrogen-bond donors (Lipinski definition) is 3. The lowest BCUT2D eigenvalue weighted by atomic mass is 10.1. The molecule has 8 heteroatoms. The van der Waals surface area contributed by atoms with Gasteiger partial charge in [-0.05, 0) is 24.3 Å². The average Bonchev–Trinajstić information content (AvgIpc) is 3.16. The van der Waals surface area contributed by atoms with Crippen molar-refractivity contribution in [2.75, 3.05) is 5.75 Å². The minimum atomic E-state index is -1.09. The maximum absolute atomic E-state index is 11.0. The predicted octanol–water partition coefficient (Wildman–Crippen LogP) is 3.09. The molecule has 0 aliphatic carbocycles. The Morgan fingerprint density at radius 2 is 2.04 bits per heavy atom. The fraction of sp³-hybridized carbons (Fsp3) is 0.200. The second-order valence-corrected chi connectivity index (χ2v) is 6.52. The number of benzene rings is 1. The van der Waals surface area contributed by atoms with Gasteiger partial charge in [-0.15, -0.1) is 11.8 Å². The molecule has 0 radical (unpaired) electrons. The molecule has 120 valence electrons. The third kappa shape index (κ3) is 3.21. The summed E-state index contributed by atoms with van der Waals surface area (Å²) in [6.45, 7) is 0. The highest BCUT2D eigenvalue weighted by Gasteiger charge is 2.32. The Morgan fingerprint density at radius 1 is 1.26 bits per heavy atom. The second-order valence-electron chi connectivity index (χ2n) is 4.97. The Kier molecular flexibility index (Phi) is 4.34. The average molecular weight is 354 g/mol. The normalized spacial score (nSPS) is 20.6. The molecule has 0 bridgehead atoms. The molecule has 0 spiro atoms. The summed E-state index contributed by atoms with van der Waals surface area (Å²) >= 11 is 7.42. The van der Waals surface area contributed by atoms with Crippen LogP contribution in [0.3, 0.4) is 0 Å². The molecule has 1 aliphatic rings. The Balaban J connectivity index is 1.81. The molecule has 6 nitrogen and oxygen atoms in total. The molecule has 2 aromatic rings. The van der Waals surface area contributed by atoms with Crippen LogP contribution in [0.2, 0.25) is 5.02 Å². The maximum atomic E-state index is 11.0. The van der Waals surface area contributed by atoms with Gasteiger partial charge in [0.2, 0.25) is 0 Å². The third-order valence-corrected chi connectivity index (χ3v) is 4.99. The van der Waals surface area contributed by atoms with Crippen LogP contribution in [0.25, 0.3) is 11.3 Å². The Hall–Kier alpha value is -1.96. The van der Waals surface area contributed by atoms with Crippen LogP contribution in [0, 0.1) is 0 Å². The molecular weight excluding hydrogens is 342 g/mol. The first-order valence-corrected chi connectivity index (χ1v) is 8.12. The molecule has 2 heterocycles. The molecule has 23 heavy (non-hydrogen) atoms. The number of nitrogens with one attached hydrogen (secondary N) is 1. The lowest BCUT2D eigenvalue weighted by Gasteiger charge is -2.08. The molecule has 1 aromatic heterocycles. The lowest BCUT2D eigenvalue weighted by Crippen LogP contribution is -2.33. The maximum Gasteiger partial charge on any atom is 0.337 e. The Bertz CT molecular complexity index is 775. The molecule has 0 saturated carbocycles. The van der Waals surface area contributed by atoms with Crippen LogP contribution < -0.4 is 5.32 Å². The van der Waals surface area contributed by atoms with Crippen LogP contribution in [-0.4, -0.2) is 33.9 Å². The van der Waals surface area contributed by atoms with Crippen molar-refractivity contribution in [3.05, 3.63) is 46.7 Å². The van der Waals surface area contributed by atoms with Gasteiger partial charge in [0.15, 0.2) is 0 Å². The van der Waals surface area contributed by atoms with Crippen molar-refractivity contribution in [2.24, 2.45) is 0 Å². The van der Waals surface area contributed by atoms with Crippen molar-refractivity contribution >= 4 is 35.3 Å². The summed E-state index contributed by atoms with van der Waals surface area (Å²) in [5, 5.41) is 20.9. The predicted molar refractivity (Wildman–Crippen MR) is 85.9 cm³/mol. The lowest BCUT2D eigenvalue weighted by molar-refractivity contribution is -0.138. The van der Waals surface area contributed by atoms with Gasteiger partial charge in [-0.2, -0.15) is 0 Å². The van der Waals surface area contributed by atoms with Gasteiger partial charge in [-0.25, -0.2) is 4.79 Å². The molecule has 1 fully saturated rings. The number of hydrogen-bond acceptors (Lipinski definition) is 5. The SMILES string of the molecule is O=C(O)c1ccc(-c2ccc([C@@H]3N[C@@H](C(=O)O)CS3)o2)cc1Cl. The quantitative estimate of drug-likeness (QED) is 0.776. The van der Waals surface area contributed by atoms with E-state index in [9.17, 15) is 9.59 Å². The molecule has 1 saturated heterocycles. The third-order valence-electron chi connectivity index (χ3n) is 3.45. The molecule has 0 unspecified atom stereocenters. The fourth-order valence-corrected chi connectivity index (χ4v) is 3.71. The first kappa shape index (κ1) is 15.9. The van der Waals surface area contributed by atoms with E-state index in [0.29, 0.717) is 22.8 Å². The van der Waals surface area contributed by atoms with E-state index >= 15 is 0 Å². The highest BCUT2D eigenvalue weighted by Crippen LogP contribution is 2.36. The number of thioether (sulfide) groups is 1. The molecule has 0 amide bonds. The summed E-state index contributed by atoms with van der Waals surface area (Å²) < 4.78 is 5.75. The number of rotatable bonds is 4. The fourth-order valence-electron chi connectivity index (χ4n) is 2.27. The standard InChI is InChI=1S/C15H12ClNO5S/c16-9-5-7(1-2-8(9)14(18)19)11-3-4-12(22-11)13-17-10(6-23-13)15(20)21/h1-5,10,13,17H,6H2,(H,18,19)(H,20,21)/t10-,13-/m1/s1. The molecular formula is C15H12ClNO5S. The van der Waals surface area contributed by atoms with Crippen molar-refractivity contribution in [3.8, 4) is 11.3 Å². The summed E-state index contributed by atoms with van der Waals surface area (Å²) in [4.78, 5) is 21.9. The monoisotopic (exact) mass is 353 g/mol. The molecule has 1 aliphatic heterocycles. The highest BCUT2D eigenvalue weighted by atomic mass is 35.5. The Labute approximate surface area is 140 Å². The van der Waals surface area contributed by atoms with Gasteiger partial charge in [-0.3, -0.25) is 10.1 Å². The van der Waals surface area contributed by atoms with E-state index < -0.39 is 18.0 Å².